The lowest BCUT2D eigenvalue weighted by atomic mass is 10.2. The van der Waals surface area contributed by atoms with Gasteiger partial charge < -0.3 is 14.5 Å². The zero-order valence-corrected chi connectivity index (χ0v) is 10.7. The minimum atomic E-state index is -0.818. The number of ether oxygens (including phenoxy) is 2. The highest BCUT2D eigenvalue weighted by Crippen LogP contribution is 2.25. The van der Waals surface area contributed by atoms with E-state index in [1.807, 2.05) is 24.3 Å². The lowest BCUT2D eigenvalue weighted by molar-refractivity contribution is -0.142. The molecule has 0 fully saturated rings. The van der Waals surface area contributed by atoms with Crippen molar-refractivity contribution in [3.05, 3.63) is 41.8 Å². The van der Waals surface area contributed by atoms with Gasteiger partial charge in [-0.2, -0.15) is 0 Å². The van der Waals surface area contributed by atoms with E-state index in [0.29, 0.717) is 0 Å². The molecule has 0 amide bonds. The predicted octanol–water partition coefficient (Wildman–Crippen LogP) is 3.02. The Balaban J connectivity index is 2.45. The Labute approximate surface area is 109 Å². The minimum absolute atomic E-state index is 0.158. The van der Waals surface area contributed by atoms with Gasteiger partial charge in [-0.15, -0.1) is 0 Å². The molecule has 0 bridgehead atoms. The number of aromatic amines is 1. The van der Waals surface area contributed by atoms with Crippen LogP contribution in [0.4, 0.5) is 4.39 Å². The molecule has 4 nitrogen and oxygen atoms in total. The topological polar surface area (TPSA) is 51.3 Å². The van der Waals surface area contributed by atoms with Crippen LogP contribution in [0.15, 0.2) is 36.1 Å². The van der Waals surface area contributed by atoms with Crippen molar-refractivity contribution < 1.29 is 18.7 Å². The molecule has 0 saturated heterocycles. The van der Waals surface area contributed by atoms with Gasteiger partial charge in [0.25, 0.3) is 0 Å². The average Bonchev–Trinajstić information content (AvgIpc) is 2.83. The molecule has 0 saturated carbocycles. The summed E-state index contributed by atoms with van der Waals surface area (Å²) in [5.74, 6) is -2.02. The molecule has 0 aliphatic carbocycles. The minimum Gasteiger partial charge on any atom is -0.488 e. The summed E-state index contributed by atoms with van der Waals surface area (Å²) in [6.07, 6.45) is 0. The number of nitrogens with one attached hydrogen (secondary N) is 1. The number of aromatic nitrogens is 1. The maximum atomic E-state index is 14.2. The molecule has 1 aromatic heterocycles. The van der Waals surface area contributed by atoms with Gasteiger partial charge in [0.1, 0.15) is 0 Å². The summed E-state index contributed by atoms with van der Waals surface area (Å²) >= 11 is 0. The fraction of sp³-hybridized carbons (Fsp3) is 0.214. The van der Waals surface area contributed by atoms with Crippen LogP contribution in [0.2, 0.25) is 0 Å². The monoisotopic (exact) mass is 263 g/mol. The number of H-pyrrole nitrogens is 1. The number of carbonyl (C=O) groups excluding carboxylic acids is 1. The Morgan fingerprint density at radius 2 is 2.11 bits per heavy atom. The predicted molar refractivity (Wildman–Crippen MR) is 70.0 cm³/mol. The first kappa shape index (κ1) is 13.1. The number of hydrogen-bond donors (Lipinski definition) is 1. The summed E-state index contributed by atoms with van der Waals surface area (Å²) in [5.41, 5.74) is 0.970. The van der Waals surface area contributed by atoms with Gasteiger partial charge in [0, 0.05) is 10.9 Å². The van der Waals surface area contributed by atoms with E-state index in [2.05, 4.69) is 4.98 Å². The first-order valence-electron chi connectivity index (χ1n) is 5.86. The van der Waals surface area contributed by atoms with Gasteiger partial charge in [-0.05, 0) is 19.1 Å². The Morgan fingerprint density at radius 3 is 2.74 bits per heavy atom. The van der Waals surface area contributed by atoms with E-state index in [1.165, 1.54) is 7.11 Å². The number of hydrogen-bond acceptors (Lipinski definition) is 3. The summed E-state index contributed by atoms with van der Waals surface area (Å²) < 4.78 is 23.8. The summed E-state index contributed by atoms with van der Waals surface area (Å²) in [5, 5.41) is 0.854. The molecule has 0 radical (unpaired) electrons. The highest BCUT2D eigenvalue weighted by molar-refractivity contribution is 5.95. The maximum absolute atomic E-state index is 14.2. The van der Waals surface area contributed by atoms with Crippen LogP contribution in [0, 0.1) is 0 Å². The van der Waals surface area contributed by atoms with Gasteiger partial charge in [-0.25, -0.2) is 9.18 Å². The van der Waals surface area contributed by atoms with Crippen molar-refractivity contribution in [1.82, 2.24) is 4.98 Å². The Hall–Kier alpha value is -2.30. The van der Waals surface area contributed by atoms with E-state index in [0.717, 1.165) is 10.9 Å². The second-order valence-electron chi connectivity index (χ2n) is 3.84. The maximum Gasteiger partial charge on any atom is 0.376 e. The van der Waals surface area contributed by atoms with Crippen LogP contribution >= 0.6 is 0 Å². The van der Waals surface area contributed by atoms with Crippen molar-refractivity contribution in [3.8, 4) is 0 Å². The summed E-state index contributed by atoms with van der Waals surface area (Å²) in [6.45, 7) is 1.80. The van der Waals surface area contributed by atoms with Crippen LogP contribution in [0.25, 0.3) is 16.7 Å². The molecule has 0 spiro atoms. The molecular formula is C14H14FNO3. The van der Waals surface area contributed by atoms with Crippen molar-refractivity contribution in [2.75, 3.05) is 13.7 Å². The number of halogens is 1. The quantitative estimate of drug-likeness (QED) is 0.524. The molecule has 0 aliphatic heterocycles. The van der Waals surface area contributed by atoms with Crippen LogP contribution in [0.5, 0.6) is 0 Å². The molecule has 1 heterocycles. The number of benzene rings is 1. The average molecular weight is 263 g/mol. The van der Waals surface area contributed by atoms with Gasteiger partial charge in [-0.1, -0.05) is 18.2 Å². The molecule has 1 aromatic carbocycles. The van der Waals surface area contributed by atoms with Gasteiger partial charge in [0.05, 0.1) is 19.4 Å². The molecule has 5 heteroatoms. The molecule has 2 aromatic rings. The van der Waals surface area contributed by atoms with Crippen molar-refractivity contribution >= 4 is 22.7 Å². The largest absolute Gasteiger partial charge is 0.488 e. The van der Waals surface area contributed by atoms with E-state index in [-0.39, 0.29) is 12.3 Å². The van der Waals surface area contributed by atoms with Gasteiger partial charge in [0.2, 0.25) is 5.76 Å². The molecule has 0 unspecified atom stereocenters. The van der Waals surface area contributed by atoms with E-state index < -0.39 is 17.6 Å². The van der Waals surface area contributed by atoms with Crippen molar-refractivity contribution in [1.29, 1.82) is 0 Å². The van der Waals surface area contributed by atoms with Crippen LogP contribution < -0.4 is 0 Å². The van der Waals surface area contributed by atoms with Crippen molar-refractivity contribution in [3.63, 3.8) is 0 Å². The van der Waals surface area contributed by atoms with Gasteiger partial charge in [-0.3, -0.25) is 0 Å². The molecule has 0 atom stereocenters. The summed E-state index contributed by atoms with van der Waals surface area (Å²) in [6, 6.07) is 8.97. The number of fused-ring (bicyclic) bond motifs is 1. The Morgan fingerprint density at radius 1 is 1.37 bits per heavy atom. The highest BCUT2D eigenvalue weighted by atomic mass is 19.1. The third-order valence-corrected chi connectivity index (χ3v) is 2.63. The number of rotatable bonds is 4. The second kappa shape index (κ2) is 5.56. The smallest absolute Gasteiger partial charge is 0.376 e. The number of para-hydroxylation sites is 1. The first-order chi connectivity index (χ1) is 9.17. The molecule has 0 aliphatic rings. The summed E-state index contributed by atoms with van der Waals surface area (Å²) in [4.78, 5) is 14.4. The zero-order valence-electron chi connectivity index (χ0n) is 10.7. The second-order valence-corrected chi connectivity index (χ2v) is 3.84. The van der Waals surface area contributed by atoms with Crippen LogP contribution in [-0.2, 0) is 14.3 Å². The highest BCUT2D eigenvalue weighted by Gasteiger charge is 2.20. The Bertz CT molecular complexity index is 597. The lowest BCUT2D eigenvalue weighted by Gasteiger charge is -2.06. The van der Waals surface area contributed by atoms with Gasteiger partial charge in [0.15, 0.2) is 5.83 Å². The van der Waals surface area contributed by atoms with Crippen LogP contribution in [-0.4, -0.2) is 24.7 Å². The molecule has 100 valence electrons. The van der Waals surface area contributed by atoms with E-state index in [4.69, 9.17) is 9.47 Å². The van der Waals surface area contributed by atoms with Crippen molar-refractivity contribution in [2.45, 2.75) is 6.92 Å². The number of esters is 1. The third-order valence-electron chi connectivity index (χ3n) is 2.63. The molecule has 19 heavy (non-hydrogen) atoms. The van der Waals surface area contributed by atoms with Crippen LogP contribution in [0.1, 0.15) is 12.6 Å². The third kappa shape index (κ3) is 2.59. The number of methoxy groups -OCH3 is 1. The van der Waals surface area contributed by atoms with E-state index in [9.17, 15) is 9.18 Å². The SMILES string of the molecule is CCOC(=O)/C(OC)=C(/F)c1cc2ccccc2[nH]1. The van der Waals surface area contributed by atoms with Gasteiger partial charge >= 0.3 is 5.97 Å². The van der Waals surface area contributed by atoms with Crippen molar-refractivity contribution in [2.24, 2.45) is 0 Å². The fourth-order valence-corrected chi connectivity index (χ4v) is 1.77. The number of carbonyl (C=O) groups is 1. The van der Waals surface area contributed by atoms with Crippen LogP contribution in [0.3, 0.4) is 0 Å². The zero-order chi connectivity index (χ0) is 13.8. The molecular weight excluding hydrogens is 249 g/mol. The first-order valence-corrected chi connectivity index (χ1v) is 5.86. The fourth-order valence-electron chi connectivity index (χ4n) is 1.77. The molecule has 1 N–H and O–H groups in total. The van der Waals surface area contributed by atoms with E-state index >= 15 is 0 Å². The lowest BCUT2D eigenvalue weighted by Crippen LogP contribution is -2.10. The molecule has 2 rings (SSSR count). The summed E-state index contributed by atoms with van der Waals surface area (Å²) in [7, 11) is 1.23. The Kier molecular flexibility index (Phi) is 3.85. The normalized spacial score (nSPS) is 12.2. The standard InChI is InChI=1S/C14H14FNO3/c1-3-19-14(17)13(18-2)12(15)11-8-9-6-4-5-7-10(9)16-11/h4-8,16H,3H2,1-2H3/b13-12-. The van der Waals surface area contributed by atoms with E-state index in [1.54, 1.807) is 13.0 Å².